The number of aromatic nitrogens is 2. The summed E-state index contributed by atoms with van der Waals surface area (Å²) in [5.74, 6) is 5.18. The summed E-state index contributed by atoms with van der Waals surface area (Å²) in [5, 5.41) is 5.96. The molecule has 1 heterocycles. The minimum absolute atomic E-state index is 0.115. The summed E-state index contributed by atoms with van der Waals surface area (Å²) in [6.07, 6.45) is 2.55. The summed E-state index contributed by atoms with van der Waals surface area (Å²) in [4.78, 5) is 0.116. The Balaban J connectivity index is 2.72. The van der Waals surface area contributed by atoms with Crippen LogP contribution in [-0.2, 0) is 10.0 Å². The first-order chi connectivity index (χ1) is 6.17. The number of hydrogen-bond acceptors (Lipinski definition) is 3. The molecule has 70 valence electrons. The molecule has 5 nitrogen and oxygen atoms in total. The molecule has 13 heavy (non-hydrogen) atoms. The molecule has 0 saturated heterocycles. The van der Waals surface area contributed by atoms with Crippen LogP contribution in [0.4, 0.5) is 0 Å². The van der Waals surface area contributed by atoms with Crippen molar-refractivity contribution in [3.05, 3.63) is 12.4 Å². The molecule has 1 aromatic heterocycles. The second-order valence-electron chi connectivity index (χ2n) is 2.19. The van der Waals surface area contributed by atoms with Crippen LogP contribution in [0.25, 0.3) is 0 Å². The Labute approximate surface area is 76.6 Å². The molecule has 0 spiro atoms. The van der Waals surface area contributed by atoms with Crippen molar-refractivity contribution in [3.8, 4) is 11.8 Å². The van der Waals surface area contributed by atoms with Gasteiger partial charge in [-0.3, -0.25) is 5.10 Å². The largest absolute Gasteiger partial charge is 0.284 e. The van der Waals surface area contributed by atoms with Crippen molar-refractivity contribution in [2.45, 2.75) is 11.8 Å². The second-order valence-corrected chi connectivity index (χ2v) is 3.95. The van der Waals surface area contributed by atoms with Crippen molar-refractivity contribution in [2.75, 3.05) is 6.54 Å². The molecule has 0 aliphatic heterocycles. The molecule has 0 aliphatic carbocycles. The summed E-state index contributed by atoms with van der Waals surface area (Å²) in [6.45, 7) is 1.76. The topological polar surface area (TPSA) is 74.8 Å². The molecule has 2 N–H and O–H groups in total. The molecule has 1 rings (SSSR count). The third kappa shape index (κ3) is 2.57. The molecule has 1 aromatic rings. The third-order valence-electron chi connectivity index (χ3n) is 1.31. The standard InChI is InChI=1S/C7H9N3O2S/c1-2-3-4-10-13(11,12)7-5-8-9-6-7/h5-6,10H,4H2,1H3,(H,8,9). The number of sulfonamides is 1. The Hall–Kier alpha value is -1.32. The quantitative estimate of drug-likeness (QED) is 0.657. The van der Waals surface area contributed by atoms with Crippen LogP contribution in [0.1, 0.15) is 6.92 Å². The highest BCUT2D eigenvalue weighted by atomic mass is 32.2. The van der Waals surface area contributed by atoms with E-state index in [0.717, 1.165) is 0 Å². The Morgan fingerprint density at radius 3 is 3.00 bits per heavy atom. The van der Waals surface area contributed by atoms with Gasteiger partial charge in [0, 0.05) is 6.20 Å². The van der Waals surface area contributed by atoms with Gasteiger partial charge in [0.2, 0.25) is 10.0 Å². The summed E-state index contributed by atoms with van der Waals surface area (Å²) in [7, 11) is -3.44. The van der Waals surface area contributed by atoms with Gasteiger partial charge in [-0.25, -0.2) is 8.42 Å². The highest BCUT2D eigenvalue weighted by Crippen LogP contribution is 2.02. The highest BCUT2D eigenvalue weighted by Gasteiger charge is 2.12. The first-order valence-electron chi connectivity index (χ1n) is 3.55. The number of nitrogens with zero attached hydrogens (tertiary/aromatic N) is 1. The van der Waals surface area contributed by atoms with Gasteiger partial charge >= 0.3 is 0 Å². The lowest BCUT2D eigenvalue weighted by molar-refractivity contribution is 0.586. The van der Waals surface area contributed by atoms with E-state index >= 15 is 0 Å². The maximum atomic E-state index is 11.3. The van der Waals surface area contributed by atoms with Gasteiger partial charge in [-0.2, -0.15) is 9.82 Å². The zero-order valence-corrected chi connectivity index (χ0v) is 7.85. The minimum atomic E-state index is -3.44. The summed E-state index contributed by atoms with van der Waals surface area (Å²) < 4.78 is 25.0. The highest BCUT2D eigenvalue weighted by molar-refractivity contribution is 7.89. The van der Waals surface area contributed by atoms with Gasteiger partial charge in [-0.1, -0.05) is 5.92 Å². The molecular formula is C7H9N3O2S. The van der Waals surface area contributed by atoms with Crippen molar-refractivity contribution in [1.82, 2.24) is 14.9 Å². The smallest absolute Gasteiger partial charge is 0.244 e. The van der Waals surface area contributed by atoms with E-state index in [2.05, 4.69) is 26.8 Å². The summed E-state index contributed by atoms with van der Waals surface area (Å²) in [5.41, 5.74) is 0. The summed E-state index contributed by atoms with van der Waals surface area (Å²) in [6, 6.07) is 0. The van der Waals surface area contributed by atoms with Gasteiger partial charge in [0.1, 0.15) is 4.90 Å². The SMILES string of the molecule is CC#CCNS(=O)(=O)c1cn[nH]c1. The zero-order valence-electron chi connectivity index (χ0n) is 7.03. The first-order valence-corrected chi connectivity index (χ1v) is 5.03. The normalized spacial score (nSPS) is 10.5. The van der Waals surface area contributed by atoms with E-state index in [1.54, 1.807) is 6.92 Å². The van der Waals surface area contributed by atoms with E-state index in [1.165, 1.54) is 12.4 Å². The van der Waals surface area contributed by atoms with Gasteiger partial charge in [-0.05, 0) is 6.92 Å². The van der Waals surface area contributed by atoms with Crippen molar-refractivity contribution in [3.63, 3.8) is 0 Å². The van der Waals surface area contributed by atoms with Gasteiger partial charge in [-0.15, -0.1) is 5.92 Å². The summed E-state index contributed by atoms with van der Waals surface area (Å²) >= 11 is 0. The fourth-order valence-corrected chi connectivity index (χ4v) is 1.52. The molecule has 0 amide bonds. The molecule has 0 bridgehead atoms. The molecule has 0 fully saturated rings. The predicted molar refractivity (Wildman–Crippen MR) is 47.2 cm³/mol. The van der Waals surface area contributed by atoms with Crippen molar-refractivity contribution in [1.29, 1.82) is 0 Å². The molecule has 0 unspecified atom stereocenters. The average Bonchev–Trinajstić information content (AvgIpc) is 2.56. The number of rotatable bonds is 3. The van der Waals surface area contributed by atoms with Gasteiger partial charge < -0.3 is 0 Å². The number of aromatic amines is 1. The molecule has 0 radical (unpaired) electrons. The number of H-pyrrole nitrogens is 1. The van der Waals surface area contributed by atoms with E-state index in [1.807, 2.05) is 0 Å². The van der Waals surface area contributed by atoms with Crippen LogP contribution in [0.2, 0.25) is 0 Å². The van der Waals surface area contributed by atoms with Gasteiger partial charge in [0.25, 0.3) is 0 Å². The molecule has 0 aromatic carbocycles. The van der Waals surface area contributed by atoms with E-state index in [-0.39, 0.29) is 11.4 Å². The lowest BCUT2D eigenvalue weighted by Gasteiger charge is -1.98. The molecule has 0 atom stereocenters. The molecule has 6 heteroatoms. The molecular weight excluding hydrogens is 190 g/mol. The van der Waals surface area contributed by atoms with Crippen molar-refractivity contribution >= 4 is 10.0 Å². The van der Waals surface area contributed by atoms with Crippen LogP contribution in [-0.4, -0.2) is 25.2 Å². The van der Waals surface area contributed by atoms with E-state index in [9.17, 15) is 8.42 Å². The Bertz CT molecular complexity index is 410. The zero-order chi connectivity index (χ0) is 9.73. The predicted octanol–water partition coefficient (Wildman–Crippen LogP) is -0.289. The van der Waals surface area contributed by atoms with E-state index in [4.69, 9.17) is 0 Å². The Kier molecular flexibility index (Phi) is 3.06. The van der Waals surface area contributed by atoms with E-state index in [0.29, 0.717) is 0 Å². The fraction of sp³-hybridized carbons (Fsp3) is 0.286. The van der Waals surface area contributed by atoms with Crippen LogP contribution in [0.5, 0.6) is 0 Å². The van der Waals surface area contributed by atoms with Crippen LogP contribution >= 0.6 is 0 Å². The monoisotopic (exact) mass is 199 g/mol. The second kappa shape index (κ2) is 4.07. The maximum Gasteiger partial charge on any atom is 0.244 e. The van der Waals surface area contributed by atoms with Crippen LogP contribution in [0.3, 0.4) is 0 Å². The van der Waals surface area contributed by atoms with Crippen LogP contribution in [0.15, 0.2) is 17.3 Å². The lowest BCUT2D eigenvalue weighted by Crippen LogP contribution is -2.23. The fourth-order valence-electron chi connectivity index (χ4n) is 0.689. The first kappa shape index (κ1) is 9.77. The van der Waals surface area contributed by atoms with E-state index < -0.39 is 10.0 Å². The van der Waals surface area contributed by atoms with Crippen LogP contribution in [0, 0.1) is 11.8 Å². The Morgan fingerprint density at radius 2 is 2.46 bits per heavy atom. The van der Waals surface area contributed by atoms with Crippen LogP contribution < -0.4 is 4.72 Å². The molecule has 0 aliphatic rings. The number of nitrogens with one attached hydrogen (secondary N) is 2. The minimum Gasteiger partial charge on any atom is -0.284 e. The Morgan fingerprint density at radius 1 is 1.69 bits per heavy atom. The van der Waals surface area contributed by atoms with Gasteiger partial charge in [0.15, 0.2) is 0 Å². The lowest BCUT2D eigenvalue weighted by atomic mass is 10.6. The maximum absolute atomic E-state index is 11.3. The van der Waals surface area contributed by atoms with Crippen molar-refractivity contribution in [2.24, 2.45) is 0 Å². The van der Waals surface area contributed by atoms with Crippen molar-refractivity contribution < 1.29 is 8.42 Å². The third-order valence-corrected chi connectivity index (χ3v) is 2.68. The molecule has 0 saturated carbocycles. The average molecular weight is 199 g/mol. The number of hydrogen-bond donors (Lipinski definition) is 2. The van der Waals surface area contributed by atoms with Gasteiger partial charge in [0.05, 0.1) is 12.7 Å².